The zero-order valence-electron chi connectivity index (χ0n) is 8.87. The maximum atomic E-state index is 11.5. The van der Waals surface area contributed by atoms with Crippen molar-refractivity contribution in [1.29, 1.82) is 0 Å². The van der Waals surface area contributed by atoms with Gasteiger partial charge in [0.15, 0.2) is 0 Å². The van der Waals surface area contributed by atoms with Gasteiger partial charge in [0.25, 0.3) is 0 Å². The molecular weight excluding hydrogens is 194 g/mol. The molecule has 0 aromatic rings. The molecule has 1 aliphatic carbocycles. The normalized spacial score (nSPS) is 33.1. The first-order valence-corrected chi connectivity index (χ1v) is 6.73. The van der Waals surface area contributed by atoms with Gasteiger partial charge in [-0.05, 0) is 32.1 Å². The Morgan fingerprint density at radius 3 is 2.93 bits per heavy atom. The Morgan fingerprint density at radius 1 is 1.50 bits per heavy atom. The molecule has 14 heavy (non-hydrogen) atoms. The average molecular weight is 213 g/mol. The summed E-state index contributed by atoms with van der Waals surface area (Å²) in [6.45, 7) is 1.00. The average Bonchev–Trinajstić information content (AvgIpc) is 2.77. The van der Waals surface area contributed by atoms with Gasteiger partial charge in [0.1, 0.15) is 5.78 Å². The molecule has 2 atom stereocenters. The fourth-order valence-electron chi connectivity index (χ4n) is 2.45. The number of ketones is 1. The van der Waals surface area contributed by atoms with E-state index in [1.807, 2.05) is 11.8 Å². The third-order valence-electron chi connectivity index (χ3n) is 3.47. The second-order valence-corrected chi connectivity index (χ2v) is 5.66. The molecule has 1 heterocycles. The van der Waals surface area contributed by atoms with E-state index in [4.69, 9.17) is 0 Å². The summed E-state index contributed by atoms with van der Waals surface area (Å²) in [6, 6.07) is 0.730. The van der Waals surface area contributed by atoms with Crippen molar-refractivity contribution in [3.63, 3.8) is 0 Å². The molecule has 2 aliphatic rings. The van der Waals surface area contributed by atoms with Gasteiger partial charge in [0.2, 0.25) is 0 Å². The maximum Gasteiger partial charge on any atom is 0.137 e. The third-order valence-corrected chi connectivity index (χ3v) is 4.61. The minimum absolute atomic E-state index is 0.352. The van der Waals surface area contributed by atoms with Crippen LogP contribution in [0.4, 0.5) is 0 Å². The lowest BCUT2D eigenvalue weighted by molar-refractivity contribution is -0.121. The molecule has 0 amide bonds. The highest BCUT2D eigenvalue weighted by Gasteiger charge is 2.28. The lowest BCUT2D eigenvalue weighted by atomic mass is 10.1. The standard InChI is InChI=1S/C11H19NOS/c1-12(10-5-6-14-8-10)7-9-3-2-4-11(9)13/h9-10H,2-8H2,1H3. The predicted molar refractivity (Wildman–Crippen MR) is 60.7 cm³/mol. The van der Waals surface area contributed by atoms with Gasteiger partial charge in [0.05, 0.1) is 0 Å². The number of hydrogen-bond acceptors (Lipinski definition) is 3. The van der Waals surface area contributed by atoms with Crippen LogP contribution in [-0.2, 0) is 4.79 Å². The molecular formula is C11H19NOS. The van der Waals surface area contributed by atoms with Crippen molar-refractivity contribution in [2.24, 2.45) is 5.92 Å². The van der Waals surface area contributed by atoms with Gasteiger partial charge in [-0.25, -0.2) is 0 Å². The Hall–Kier alpha value is -0.0200. The summed E-state index contributed by atoms with van der Waals surface area (Å²) < 4.78 is 0. The second kappa shape index (κ2) is 4.67. The maximum absolute atomic E-state index is 11.5. The van der Waals surface area contributed by atoms with E-state index in [2.05, 4.69) is 11.9 Å². The molecule has 3 heteroatoms. The minimum Gasteiger partial charge on any atom is -0.302 e. The summed E-state index contributed by atoms with van der Waals surface area (Å²) >= 11 is 2.04. The first-order valence-electron chi connectivity index (χ1n) is 5.58. The van der Waals surface area contributed by atoms with Gasteiger partial charge in [0, 0.05) is 30.7 Å². The summed E-state index contributed by atoms with van der Waals surface area (Å²) in [7, 11) is 2.18. The van der Waals surface area contributed by atoms with Gasteiger partial charge < -0.3 is 4.90 Å². The molecule has 1 aliphatic heterocycles. The predicted octanol–water partition coefficient (Wildman–Crippen LogP) is 1.79. The first kappa shape index (κ1) is 10.5. The summed E-state index contributed by atoms with van der Waals surface area (Å²) in [5, 5.41) is 0. The highest BCUT2D eigenvalue weighted by molar-refractivity contribution is 7.99. The van der Waals surface area contributed by atoms with Gasteiger partial charge in [-0.15, -0.1) is 0 Å². The van der Waals surface area contributed by atoms with Crippen LogP contribution in [0.2, 0.25) is 0 Å². The fourth-order valence-corrected chi connectivity index (χ4v) is 3.75. The van der Waals surface area contributed by atoms with Crippen LogP contribution in [0.1, 0.15) is 25.7 Å². The molecule has 0 radical (unpaired) electrons. The SMILES string of the molecule is CN(CC1CCCC1=O)C1CCSC1. The molecule has 0 bridgehead atoms. The van der Waals surface area contributed by atoms with Crippen LogP contribution in [0, 0.1) is 5.92 Å². The molecule has 2 rings (SSSR count). The number of hydrogen-bond donors (Lipinski definition) is 0. The molecule has 0 aromatic carbocycles. The van der Waals surface area contributed by atoms with Crippen molar-refractivity contribution in [2.45, 2.75) is 31.7 Å². The second-order valence-electron chi connectivity index (χ2n) is 4.51. The van der Waals surface area contributed by atoms with Gasteiger partial charge in [-0.3, -0.25) is 4.79 Å². The summed E-state index contributed by atoms with van der Waals surface area (Å²) in [4.78, 5) is 13.9. The number of nitrogens with zero attached hydrogens (tertiary/aromatic N) is 1. The Bertz CT molecular complexity index is 213. The Labute approximate surface area is 90.4 Å². The number of thioether (sulfide) groups is 1. The first-order chi connectivity index (χ1) is 6.77. The van der Waals surface area contributed by atoms with Gasteiger partial charge >= 0.3 is 0 Å². The van der Waals surface area contributed by atoms with Crippen LogP contribution in [0.3, 0.4) is 0 Å². The molecule has 0 N–H and O–H groups in total. The Kier molecular flexibility index (Phi) is 3.50. The lowest BCUT2D eigenvalue weighted by Gasteiger charge is -2.25. The van der Waals surface area contributed by atoms with E-state index in [-0.39, 0.29) is 0 Å². The largest absolute Gasteiger partial charge is 0.302 e. The van der Waals surface area contributed by atoms with Gasteiger partial charge in [-0.1, -0.05) is 0 Å². The molecule has 2 fully saturated rings. The lowest BCUT2D eigenvalue weighted by Crippen LogP contribution is -2.36. The summed E-state index contributed by atoms with van der Waals surface area (Å²) in [5.41, 5.74) is 0. The topological polar surface area (TPSA) is 20.3 Å². The van der Waals surface area contributed by atoms with Crippen molar-refractivity contribution in [3.05, 3.63) is 0 Å². The van der Waals surface area contributed by atoms with Crippen LogP contribution >= 0.6 is 11.8 Å². The molecule has 2 unspecified atom stereocenters. The van der Waals surface area contributed by atoms with Crippen LogP contribution in [0.25, 0.3) is 0 Å². The number of rotatable bonds is 3. The molecule has 1 saturated carbocycles. The number of carbonyl (C=O) groups is 1. The van der Waals surface area contributed by atoms with Crippen molar-refractivity contribution < 1.29 is 4.79 Å². The Morgan fingerprint density at radius 2 is 2.36 bits per heavy atom. The number of carbonyl (C=O) groups excluding carboxylic acids is 1. The van der Waals surface area contributed by atoms with Crippen molar-refractivity contribution in [1.82, 2.24) is 4.90 Å². The van der Waals surface area contributed by atoms with Crippen molar-refractivity contribution in [2.75, 3.05) is 25.1 Å². The van der Waals surface area contributed by atoms with Crippen LogP contribution in [-0.4, -0.2) is 41.8 Å². The van der Waals surface area contributed by atoms with E-state index in [9.17, 15) is 4.79 Å². The minimum atomic E-state index is 0.352. The van der Waals surface area contributed by atoms with E-state index in [0.29, 0.717) is 11.7 Å². The van der Waals surface area contributed by atoms with Crippen LogP contribution in [0.15, 0.2) is 0 Å². The van der Waals surface area contributed by atoms with E-state index in [0.717, 1.165) is 31.8 Å². The summed E-state index contributed by atoms with van der Waals surface area (Å²) in [6.07, 6.45) is 4.39. The van der Waals surface area contributed by atoms with Crippen LogP contribution in [0.5, 0.6) is 0 Å². The zero-order valence-corrected chi connectivity index (χ0v) is 9.68. The van der Waals surface area contributed by atoms with E-state index in [1.54, 1.807) is 0 Å². The van der Waals surface area contributed by atoms with Gasteiger partial charge in [-0.2, -0.15) is 11.8 Å². The monoisotopic (exact) mass is 213 g/mol. The van der Waals surface area contributed by atoms with E-state index in [1.165, 1.54) is 17.9 Å². The molecule has 0 spiro atoms. The fraction of sp³-hybridized carbons (Fsp3) is 0.909. The van der Waals surface area contributed by atoms with E-state index < -0.39 is 0 Å². The highest BCUT2D eigenvalue weighted by atomic mass is 32.2. The van der Waals surface area contributed by atoms with E-state index >= 15 is 0 Å². The molecule has 2 nitrogen and oxygen atoms in total. The molecule has 0 aromatic heterocycles. The molecule has 1 saturated heterocycles. The molecule has 80 valence electrons. The zero-order chi connectivity index (χ0) is 9.97. The summed E-state index contributed by atoms with van der Waals surface area (Å²) in [5.74, 6) is 3.42. The van der Waals surface area contributed by atoms with Crippen LogP contribution < -0.4 is 0 Å². The highest BCUT2D eigenvalue weighted by Crippen LogP contribution is 2.26. The Balaban J connectivity index is 1.80. The smallest absolute Gasteiger partial charge is 0.137 e. The quantitative estimate of drug-likeness (QED) is 0.713. The van der Waals surface area contributed by atoms with Crippen molar-refractivity contribution >= 4 is 17.5 Å². The van der Waals surface area contributed by atoms with Crippen molar-refractivity contribution in [3.8, 4) is 0 Å². The third kappa shape index (κ3) is 2.31. The number of Topliss-reactive ketones (excluding diaryl/α,β-unsaturated/α-hetero) is 1.